The number of carbonyl (C=O) groups is 1. The molecule has 1 saturated heterocycles. The van der Waals surface area contributed by atoms with Crippen molar-refractivity contribution in [3.63, 3.8) is 0 Å². The minimum Gasteiger partial charge on any atom is -0.465 e. The average Bonchev–Trinajstić information content (AvgIpc) is 2.81. The molecule has 10 heteroatoms. The van der Waals surface area contributed by atoms with Gasteiger partial charge < -0.3 is 15.3 Å². The minimum absolute atomic E-state index is 0.0942. The molecule has 1 fully saturated rings. The molecule has 2 atom stereocenters. The number of anilines is 1. The summed E-state index contributed by atoms with van der Waals surface area (Å²) < 4.78 is 15.5. The molecule has 1 aromatic rings. The van der Waals surface area contributed by atoms with Crippen LogP contribution in [0.1, 0.15) is 19.8 Å². The van der Waals surface area contributed by atoms with Crippen molar-refractivity contribution in [2.75, 3.05) is 18.0 Å². The zero-order valence-corrected chi connectivity index (χ0v) is 12.1. The van der Waals surface area contributed by atoms with E-state index in [9.17, 15) is 19.3 Å². The molecule has 2 rings (SSSR count). The van der Waals surface area contributed by atoms with Crippen LogP contribution in [0.5, 0.6) is 0 Å². The quantitative estimate of drug-likeness (QED) is 0.641. The number of nitro groups is 1. The normalized spacial score (nSPS) is 22.2. The number of hydrogen-bond acceptors (Lipinski definition) is 5. The molecule has 22 heavy (non-hydrogen) atoms. The van der Waals surface area contributed by atoms with Crippen LogP contribution in [0.25, 0.3) is 0 Å². The Bertz CT molecular complexity index is 564. The number of amides is 1. The molecule has 0 bridgehead atoms. The first-order valence-corrected chi connectivity index (χ1v) is 7.02. The Labute approximate surface area is 125 Å². The van der Waals surface area contributed by atoms with E-state index in [4.69, 9.17) is 5.11 Å². The zero-order valence-electron chi connectivity index (χ0n) is 12.1. The van der Waals surface area contributed by atoms with E-state index in [0.717, 1.165) is 0 Å². The Hall–Kier alpha value is -2.39. The largest absolute Gasteiger partial charge is 0.465 e. The molecule has 122 valence electrons. The van der Waals surface area contributed by atoms with E-state index in [1.807, 2.05) is 6.92 Å². The smallest absolute Gasteiger partial charge is 0.404 e. The number of nitrogens with zero attached hydrogens (tertiary/aromatic N) is 4. The summed E-state index contributed by atoms with van der Waals surface area (Å²) in [6, 6.07) is -0.806. The van der Waals surface area contributed by atoms with Crippen molar-refractivity contribution in [1.29, 1.82) is 0 Å². The number of hydrogen-bond donors (Lipinski definition) is 2. The molecule has 0 spiro atoms. The van der Waals surface area contributed by atoms with Crippen LogP contribution in [0.4, 0.5) is 20.7 Å². The van der Waals surface area contributed by atoms with Gasteiger partial charge in [-0.3, -0.25) is 10.1 Å². The maximum Gasteiger partial charge on any atom is 0.404 e. The number of alkyl halides is 1. The van der Waals surface area contributed by atoms with Gasteiger partial charge in [0, 0.05) is 19.6 Å². The summed E-state index contributed by atoms with van der Waals surface area (Å²) in [7, 11) is 0. The van der Waals surface area contributed by atoms with E-state index in [2.05, 4.69) is 10.4 Å². The predicted molar refractivity (Wildman–Crippen MR) is 75.8 cm³/mol. The first kappa shape index (κ1) is 16.0. The van der Waals surface area contributed by atoms with E-state index >= 15 is 0 Å². The maximum atomic E-state index is 14.0. The molecule has 2 heterocycles. The molecule has 1 aromatic heterocycles. The summed E-state index contributed by atoms with van der Waals surface area (Å²) in [5.41, 5.74) is -0.123. The second-order valence-corrected chi connectivity index (χ2v) is 5.06. The molecule has 9 nitrogen and oxygen atoms in total. The highest BCUT2D eigenvalue weighted by Crippen LogP contribution is 2.30. The lowest BCUT2D eigenvalue weighted by Gasteiger charge is -2.22. The van der Waals surface area contributed by atoms with Gasteiger partial charge in [0.15, 0.2) is 0 Å². The van der Waals surface area contributed by atoms with Crippen LogP contribution >= 0.6 is 0 Å². The molecule has 0 aliphatic carbocycles. The SMILES string of the molecule is CCn1ncc([N+](=O)[O-])c1N1CCC(F)C(NC(=O)O)CC1. The number of aryl methyl sites for hydroxylation is 1. The molecule has 1 amide bonds. The maximum absolute atomic E-state index is 14.0. The number of rotatable bonds is 4. The molecule has 1 aliphatic heterocycles. The van der Waals surface area contributed by atoms with Crippen LogP contribution in [0.3, 0.4) is 0 Å². The summed E-state index contributed by atoms with van der Waals surface area (Å²) in [6.45, 7) is 2.85. The van der Waals surface area contributed by atoms with Gasteiger partial charge in [-0.1, -0.05) is 0 Å². The topological polar surface area (TPSA) is 114 Å². The van der Waals surface area contributed by atoms with Gasteiger partial charge in [0.1, 0.15) is 12.4 Å². The van der Waals surface area contributed by atoms with Gasteiger partial charge >= 0.3 is 11.8 Å². The number of carboxylic acid groups (broad SMARTS) is 1. The number of aromatic nitrogens is 2. The fourth-order valence-corrected chi connectivity index (χ4v) is 2.66. The molecular formula is C12H18FN5O4. The van der Waals surface area contributed by atoms with E-state index in [1.54, 1.807) is 4.90 Å². The molecule has 1 aliphatic rings. The first-order chi connectivity index (χ1) is 10.4. The molecule has 0 aromatic carbocycles. The van der Waals surface area contributed by atoms with Crippen LogP contribution in [0.15, 0.2) is 6.20 Å². The first-order valence-electron chi connectivity index (χ1n) is 7.02. The van der Waals surface area contributed by atoms with E-state index in [-0.39, 0.29) is 25.1 Å². The highest BCUT2D eigenvalue weighted by molar-refractivity contribution is 5.65. The second-order valence-electron chi connectivity index (χ2n) is 5.06. The van der Waals surface area contributed by atoms with Crippen molar-refractivity contribution in [3.8, 4) is 0 Å². The third-order valence-corrected chi connectivity index (χ3v) is 3.72. The zero-order chi connectivity index (χ0) is 16.3. The number of halogens is 1. The Morgan fingerprint density at radius 3 is 2.86 bits per heavy atom. The van der Waals surface area contributed by atoms with Gasteiger partial charge in [-0.25, -0.2) is 13.9 Å². The van der Waals surface area contributed by atoms with Crippen molar-refractivity contribution in [2.45, 2.75) is 38.5 Å². The lowest BCUT2D eigenvalue weighted by Crippen LogP contribution is -2.40. The highest BCUT2D eigenvalue weighted by Gasteiger charge is 2.32. The van der Waals surface area contributed by atoms with Crippen molar-refractivity contribution in [2.24, 2.45) is 0 Å². The van der Waals surface area contributed by atoms with E-state index in [1.165, 1.54) is 10.9 Å². The molecular weight excluding hydrogens is 297 g/mol. The molecule has 0 radical (unpaired) electrons. The van der Waals surface area contributed by atoms with E-state index in [0.29, 0.717) is 18.9 Å². The summed E-state index contributed by atoms with van der Waals surface area (Å²) in [5.74, 6) is 0.343. The fourth-order valence-electron chi connectivity index (χ4n) is 2.66. The van der Waals surface area contributed by atoms with Gasteiger partial charge in [0.2, 0.25) is 5.82 Å². The number of nitrogens with one attached hydrogen (secondary N) is 1. The second kappa shape index (κ2) is 6.58. The monoisotopic (exact) mass is 315 g/mol. The van der Waals surface area contributed by atoms with Crippen LogP contribution < -0.4 is 10.2 Å². The van der Waals surface area contributed by atoms with Crippen LogP contribution in [-0.2, 0) is 6.54 Å². The summed E-state index contributed by atoms with van der Waals surface area (Å²) in [4.78, 5) is 23.0. The van der Waals surface area contributed by atoms with Crippen molar-refractivity contribution in [3.05, 3.63) is 16.3 Å². The Morgan fingerprint density at radius 2 is 2.27 bits per heavy atom. The third-order valence-electron chi connectivity index (χ3n) is 3.72. The van der Waals surface area contributed by atoms with Crippen molar-refractivity contribution < 1.29 is 19.2 Å². The van der Waals surface area contributed by atoms with Gasteiger partial charge in [0.25, 0.3) is 0 Å². The molecule has 2 N–H and O–H groups in total. The Morgan fingerprint density at radius 1 is 1.59 bits per heavy atom. The highest BCUT2D eigenvalue weighted by atomic mass is 19.1. The standard InChI is InChI=1S/C12H18FN5O4/c1-2-17-11(10(7-14-17)18(21)22)16-5-3-8(13)9(4-6-16)15-12(19)20/h7-9,15H,2-6H2,1H3,(H,19,20). The summed E-state index contributed by atoms with van der Waals surface area (Å²) in [5, 5.41) is 26.0. The Balaban J connectivity index is 2.22. The average molecular weight is 315 g/mol. The summed E-state index contributed by atoms with van der Waals surface area (Å²) >= 11 is 0. The van der Waals surface area contributed by atoms with Crippen LogP contribution in [0.2, 0.25) is 0 Å². The Kier molecular flexibility index (Phi) is 4.78. The van der Waals surface area contributed by atoms with Gasteiger partial charge in [0.05, 0.1) is 11.0 Å². The van der Waals surface area contributed by atoms with Crippen molar-refractivity contribution >= 4 is 17.6 Å². The van der Waals surface area contributed by atoms with Crippen LogP contribution in [-0.4, -0.2) is 51.2 Å². The minimum atomic E-state index is -1.32. The van der Waals surface area contributed by atoms with Gasteiger partial charge in [-0.15, -0.1) is 0 Å². The van der Waals surface area contributed by atoms with Crippen LogP contribution in [0, 0.1) is 10.1 Å². The lowest BCUT2D eigenvalue weighted by atomic mass is 10.1. The fraction of sp³-hybridized carbons (Fsp3) is 0.667. The summed E-state index contributed by atoms with van der Waals surface area (Å²) in [6.07, 6.45) is -1.08. The third kappa shape index (κ3) is 3.26. The molecule has 0 saturated carbocycles. The van der Waals surface area contributed by atoms with E-state index < -0.39 is 23.2 Å². The van der Waals surface area contributed by atoms with Gasteiger partial charge in [-0.2, -0.15) is 5.10 Å². The lowest BCUT2D eigenvalue weighted by molar-refractivity contribution is -0.384. The van der Waals surface area contributed by atoms with Gasteiger partial charge in [-0.05, 0) is 19.8 Å². The molecule has 2 unspecified atom stereocenters. The predicted octanol–water partition coefficient (Wildman–Crippen LogP) is 1.39. The van der Waals surface area contributed by atoms with Crippen molar-refractivity contribution in [1.82, 2.24) is 15.1 Å².